The summed E-state index contributed by atoms with van der Waals surface area (Å²) >= 11 is 1.26. The number of nitrogens with zero attached hydrogens (tertiary/aromatic N) is 1. The number of thioether (sulfide) groups is 1. The first-order valence-corrected chi connectivity index (χ1v) is 9.28. The van der Waals surface area contributed by atoms with E-state index in [4.69, 9.17) is 9.47 Å². The highest BCUT2D eigenvalue weighted by molar-refractivity contribution is 8.02. The van der Waals surface area contributed by atoms with Crippen LogP contribution in [-0.2, 0) is 19.1 Å². The van der Waals surface area contributed by atoms with Crippen molar-refractivity contribution in [3.05, 3.63) is 11.0 Å². The molecule has 26 heavy (non-hydrogen) atoms. The maximum Gasteiger partial charge on any atom is 0.408 e. The Bertz CT molecular complexity index is 634. The van der Waals surface area contributed by atoms with E-state index in [0.717, 1.165) is 0 Å². The van der Waals surface area contributed by atoms with Crippen molar-refractivity contribution >= 4 is 29.7 Å². The predicted molar refractivity (Wildman–Crippen MR) is 96.2 cm³/mol. The van der Waals surface area contributed by atoms with Crippen molar-refractivity contribution in [2.75, 3.05) is 6.61 Å². The molecule has 1 saturated heterocycles. The van der Waals surface area contributed by atoms with Gasteiger partial charge in [0, 0.05) is 0 Å². The van der Waals surface area contributed by atoms with Crippen molar-refractivity contribution in [2.45, 2.75) is 70.2 Å². The zero-order chi connectivity index (χ0) is 19.9. The van der Waals surface area contributed by atoms with E-state index >= 15 is 0 Å². The van der Waals surface area contributed by atoms with Crippen molar-refractivity contribution in [1.29, 1.82) is 0 Å². The summed E-state index contributed by atoms with van der Waals surface area (Å²) in [6.45, 7) is 10.0. The number of carbonyl (C=O) groups excluding carboxylic acids is 3. The van der Waals surface area contributed by atoms with E-state index < -0.39 is 46.6 Å². The zero-order valence-electron chi connectivity index (χ0n) is 15.9. The Morgan fingerprint density at radius 2 is 1.77 bits per heavy atom. The molecule has 0 aliphatic carbocycles. The Kier molecular flexibility index (Phi) is 5.63. The quantitative estimate of drug-likeness (QED) is 0.558. The standard InChI is InChI=1S/C17H26N2O6S/c1-16(2,3)24-14(22)11-9(7-20)8-26-13-10(12(21)19(11)13)18-15(23)25-17(4,5)6/h8,10-11,13,20H,7H2,1-6H3,(H,18,23)/t10-,11-,13-/m1/s1. The number of hydrogen-bond donors (Lipinski definition) is 2. The van der Waals surface area contributed by atoms with Gasteiger partial charge in [0.1, 0.15) is 22.6 Å². The summed E-state index contributed by atoms with van der Waals surface area (Å²) in [6, 6.07) is -1.79. The summed E-state index contributed by atoms with van der Waals surface area (Å²) in [5, 5.41) is 13.3. The highest BCUT2D eigenvalue weighted by atomic mass is 32.2. The topological polar surface area (TPSA) is 105 Å². The number of esters is 1. The molecule has 0 bridgehead atoms. The molecule has 0 saturated carbocycles. The van der Waals surface area contributed by atoms with Gasteiger partial charge in [-0.1, -0.05) is 0 Å². The lowest BCUT2D eigenvalue weighted by atomic mass is 9.98. The van der Waals surface area contributed by atoms with E-state index in [1.165, 1.54) is 16.7 Å². The molecule has 2 rings (SSSR count). The molecular formula is C17H26N2O6S. The normalized spacial score (nSPS) is 25.7. The number of ether oxygens (including phenoxy) is 2. The number of hydrogen-bond acceptors (Lipinski definition) is 7. The van der Waals surface area contributed by atoms with Crippen LogP contribution in [0.2, 0.25) is 0 Å². The van der Waals surface area contributed by atoms with Gasteiger partial charge in [-0.25, -0.2) is 9.59 Å². The number of fused-ring (bicyclic) bond motifs is 1. The van der Waals surface area contributed by atoms with E-state index in [1.54, 1.807) is 47.0 Å². The van der Waals surface area contributed by atoms with E-state index in [9.17, 15) is 19.5 Å². The van der Waals surface area contributed by atoms with Gasteiger partial charge in [0.05, 0.1) is 6.61 Å². The average molecular weight is 386 g/mol. The van der Waals surface area contributed by atoms with Gasteiger partial charge in [-0.3, -0.25) is 4.79 Å². The Morgan fingerprint density at radius 3 is 2.27 bits per heavy atom. The first kappa shape index (κ1) is 20.6. The Morgan fingerprint density at radius 1 is 1.19 bits per heavy atom. The summed E-state index contributed by atoms with van der Waals surface area (Å²) in [5.74, 6) is -1.02. The molecule has 0 spiro atoms. The summed E-state index contributed by atoms with van der Waals surface area (Å²) in [6.07, 6.45) is -0.693. The third-order valence-corrected chi connectivity index (χ3v) is 4.77. The molecule has 146 valence electrons. The fourth-order valence-electron chi connectivity index (χ4n) is 2.62. The molecular weight excluding hydrogens is 360 g/mol. The number of amides is 2. The molecule has 0 aromatic rings. The minimum atomic E-state index is -0.991. The molecule has 2 heterocycles. The van der Waals surface area contributed by atoms with Gasteiger partial charge in [-0.15, -0.1) is 11.8 Å². The van der Waals surface area contributed by atoms with Gasteiger partial charge in [0.2, 0.25) is 5.91 Å². The third kappa shape index (κ3) is 4.50. The highest BCUT2D eigenvalue weighted by Crippen LogP contribution is 2.40. The molecule has 0 unspecified atom stereocenters. The number of carbonyl (C=O) groups is 3. The SMILES string of the molecule is CC(C)(C)OC(=O)N[C@@H]1C(=O)N2[C@@H](C(=O)OC(C)(C)C)C(CO)=CS[C@H]12. The first-order chi connectivity index (χ1) is 11.8. The number of nitrogens with one attached hydrogen (secondary N) is 1. The van der Waals surface area contributed by atoms with Crippen LogP contribution in [-0.4, -0.2) is 63.2 Å². The number of rotatable bonds is 3. The average Bonchev–Trinajstić information content (AvgIpc) is 2.47. The van der Waals surface area contributed by atoms with Crippen molar-refractivity contribution in [2.24, 2.45) is 0 Å². The van der Waals surface area contributed by atoms with Gasteiger partial charge in [-0.2, -0.15) is 0 Å². The fourth-order valence-corrected chi connectivity index (χ4v) is 3.83. The molecule has 8 nitrogen and oxygen atoms in total. The fraction of sp³-hybridized carbons (Fsp3) is 0.706. The lowest BCUT2D eigenvalue weighted by Crippen LogP contribution is -2.74. The molecule has 1 fully saturated rings. The number of alkyl carbamates (subject to hydrolysis) is 1. The smallest absolute Gasteiger partial charge is 0.408 e. The van der Waals surface area contributed by atoms with Crippen LogP contribution in [0.4, 0.5) is 4.79 Å². The number of aliphatic hydroxyl groups is 1. The molecule has 2 aliphatic heterocycles. The maximum absolute atomic E-state index is 12.6. The van der Waals surface area contributed by atoms with E-state index in [0.29, 0.717) is 5.57 Å². The van der Waals surface area contributed by atoms with Crippen molar-refractivity contribution in [1.82, 2.24) is 10.2 Å². The second-order valence-electron chi connectivity index (χ2n) is 8.18. The van der Waals surface area contributed by atoms with Crippen LogP contribution in [0.5, 0.6) is 0 Å². The summed E-state index contributed by atoms with van der Waals surface area (Å²) < 4.78 is 10.6. The van der Waals surface area contributed by atoms with Crippen LogP contribution in [0, 0.1) is 0 Å². The van der Waals surface area contributed by atoms with Crippen molar-refractivity contribution in [3.63, 3.8) is 0 Å². The first-order valence-electron chi connectivity index (χ1n) is 8.34. The second kappa shape index (κ2) is 7.11. The van der Waals surface area contributed by atoms with E-state index in [2.05, 4.69) is 5.32 Å². The number of aliphatic hydroxyl groups excluding tert-OH is 1. The minimum Gasteiger partial charge on any atom is -0.458 e. The minimum absolute atomic E-state index is 0.364. The monoisotopic (exact) mass is 386 g/mol. The van der Waals surface area contributed by atoms with Gasteiger partial charge in [0.25, 0.3) is 0 Å². The maximum atomic E-state index is 12.6. The Labute approximate surface area is 157 Å². The van der Waals surface area contributed by atoms with Crippen molar-refractivity contribution < 1.29 is 29.0 Å². The van der Waals surface area contributed by atoms with Crippen LogP contribution in [0.3, 0.4) is 0 Å². The molecule has 2 amide bonds. The predicted octanol–water partition coefficient (Wildman–Crippen LogP) is 1.38. The van der Waals surface area contributed by atoms with Crippen LogP contribution >= 0.6 is 11.8 Å². The molecule has 9 heteroatoms. The Balaban J connectivity index is 2.14. The van der Waals surface area contributed by atoms with Crippen LogP contribution in [0.25, 0.3) is 0 Å². The number of β-lactam (4-membered cyclic amide) rings is 1. The molecule has 2 aliphatic rings. The summed E-state index contributed by atoms with van der Waals surface area (Å²) in [7, 11) is 0. The zero-order valence-corrected chi connectivity index (χ0v) is 16.7. The Hall–Kier alpha value is -1.74. The van der Waals surface area contributed by atoms with E-state index in [1.807, 2.05) is 0 Å². The van der Waals surface area contributed by atoms with E-state index in [-0.39, 0.29) is 6.61 Å². The van der Waals surface area contributed by atoms with Gasteiger partial charge < -0.3 is 24.8 Å². The second-order valence-corrected chi connectivity index (χ2v) is 9.17. The molecule has 0 aromatic carbocycles. The lowest BCUT2D eigenvalue weighted by molar-refractivity contribution is -0.169. The molecule has 3 atom stereocenters. The van der Waals surface area contributed by atoms with Gasteiger partial charge in [0.15, 0.2) is 6.04 Å². The lowest BCUT2D eigenvalue weighted by Gasteiger charge is -2.51. The highest BCUT2D eigenvalue weighted by Gasteiger charge is 2.56. The van der Waals surface area contributed by atoms with Crippen LogP contribution in [0.1, 0.15) is 41.5 Å². The summed E-state index contributed by atoms with van der Waals surface area (Å²) in [4.78, 5) is 38.4. The molecule has 0 radical (unpaired) electrons. The third-order valence-electron chi connectivity index (χ3n) is 3.55. The van der Waals surface area contributed by atoms with Gasteiger partial charge in [-0.05, 0) is 52.5 Å². The van der Waals surface area contributed by atoms with Crippen molar-refractivity contribution in [3.8, 4) is 0 Å². The van der Waals surface area contributed by atoms with Crippen LogP contribution < -0.4 is 5.32 Å². The summed E-state index contributed by atoms with van der Waals surface area (Å²) in [5.41, 5.74) is -1.01. The van der Waals surface area contributed by atoms with Crippen LogP contribution in [0.15, 0.2) is 11.0 Å². The van der Waals surface area contributed by atoms with Gasteiger partial charge >= 0.3 is 12.1 Å². The largest absolute Gasteiger partial charge is 0.458 e. The molecule has 0 aromatic heterocycles. The molecule has 2 N–H and O–H groups in total.